The summed E-state index contributed by atoms with van der Waals surface area (Å²) in [4.78, 5) is 13.5. The minimum Gasteiger partial charge on any atom is -0.445 e. The molecule has 0 aromatic rings. The fourth-order valence-corrected chi connectivity index (χ4v) is 2.66. The lowest BCUT2D eigenvalue weighted by molar-refractivity contribution is 0.0981. The summed E-state index contributed by atoms with van der Waals surface area (Å²) in [6.07, 6.45) is 6.17. The molecule has 86 valence electrons. The number of carbonyl (C=O) groups is 1. The molecule has 0 aromatic carbocycles. The van der Waals surface area contributed by atoms with Gasteiger partial charge in [-0.3, -0.25) is 4.90 Å². The first-order valence-corrected chi connectivity index (χ1v) is 5.92. The Labute approximate surface area is 91.0 Å². The summed E-state index contributed by atoms with van der Waals surface area (Å²) in [5, 5.41) is 2.50. The zero-order chi connectivity index (χ0) is 10.7. The van der Waals surface area contributed by atoms with E-state index < -0.39 is 0 Å². The van der Waals surface area contributed by atoms with Gasteiger partial charge in [-0.15, -0.1) is 0 Å². The number of nitrogens with one attached hydrogen (secondary N) is 1. The molecular weight excluding hydrogens is 192 g/mol. The first kappa shape index (κ1) is 10.7. The van der Waals surface area contributed by atoms with E-state index in [0.29, 0.717) is 0 Å². The van der Waals surface area contributed by atoms with Gasteiger partial charge in [-0.05, 0) is 19.3 Å². The third-order valence-corrected chi connectivity index (χ3v) is 3.50. The van der Waals surface area contributed by atoms with Gasteiger partial charge in [0.2, 0.25) is 0 Å². The molecule has 4 nitrogen and oxygen atoms in total. The van der Waals surface area contributed by atoms with Crippen molar-refractivity contribution in [1.82, 2.24) is 10.2 Å². The Balaban J connectivity index is 1.76. The summed E-state index contributed by atoms with van der Waals surface area (Å²) in [5.74, 6) is 0. The van der Waals surface area contributed by atoms with E-state index >= 15 is 0 Å². The van der Waals surface area contributed by atoms with Gasteiger partial charge in [-0.1, -0.05) is 12.8 Å². The average molecular weight is 212 g/mol. The van der Waals surface area contributed by atoms with Gasteiger partial charge < -0.3 is 10.1 Å². The molecule has 0 aromatic heterocycles. The van der Waals surface area contributed by atoms with Crippen molar-refractivity contribution in [2.75, 3.05) is 20.1 Å². The average Bonchev–Trinajstić information content (AvgIpc) is 2.85. The number of alkyl carbamates (subject to hydrolysis) is 1. The van der Waals surface area contributed by atoms with Gasteiger partial charge in [0.05, 0.1) is 0 Å². The number of likely N-dealkylation sites (tertiary alicyclic amines) is 1. The molecule has 0 unspecified atom stereocenters. The van der Waals surface area contributed by atoms with E-state index in [1.54, 1.807) is 7.05 Å². The van der Waals surface area contributed by atoms with E-state index in [9.17, 15) is 4.79 Å². The molecule has 1 N–H and O–H groups in total. The lowest BCUT2D eigenvalue weighted by Crippen LogP contribution is -2.33. The summed E-state index contributed by atoms with van der Waals surface area (Å²) in [6, 6.07) is 0.753. The minimum atomic E-state index is -0.298. The molecule has 15 heavy (non-hydrogen) atoms. The van der Waals surface area contributed by atoms with E-state index in [4.69, 9.17) is 4.74 Å². The van der Waals surface area contributed by atoms with Crippen molar-refractivity contribution in [1.29, 1.82) is 0 Å². The lowest BCUT2D eigenvalue weighted by Gasteiger charge is -2.23. The van der Waals surface area contributed by atoms with Crippen LogP contribution in [0.2, 0.25) is 0 Å². The van der Waals surface area contributed by atoms with Crippen LogP contribution in [-0.2, 0) is 4.74 Å². The number of ether oxygens (including phenoxy) is 1. The summed E-state index contributed by atoms with van der Waals surface area (Å²) in [5.41, 5.74) is 0. The predicted octanol–water partition coefficient (Wildman–Crippen LogP) is 1.36. The smallest absolute Gasteiger partial charge is 0.407 e. The summed E-state index contributed by atoms with van der Waals surface area (Å²) in [7, 11) is 1.60. The molecule has 1 saturated carbocycles. The van der Waals surface area contributed by atoms with Crippen molar-refractivity contribution in [2.45, 2.75) is 44.2 Å². The van der Waals surface area contributed by atoms with Crippen molar-refractivity contribution >= 4 is 6.09 Å². The van der Waals surface area contributed by atoms with Gasteiger partial charge in [-0.25, -0.2) is 4.79 Å². The molecule has 1 atom stereocenters. The van der Waals surface area contributed by atoms with Crippen LogP contribution in [0, 0.1) is 0 Å². The maximum atomic E-state index is 11.0. The highest BCUT2D eigenvalue weighted by Crippen LogP contribution is 2.27. The van der Waals surface area contributed by atoms with Crippen LogP contribution in [0.3, 0.4) is 0 Å². The molecule has 0 bridgehead atoms. The zero-order valence-electron chi connectivity index (χ0n) is 9.37. The predicted molar refractivity (Wildman–Crippen MR) is 57.8 cm³/mol. The highest BCUT2D eigenvalue weighted by atomic mass is 16.6. The first-order chi connectivity index (χ1) is 7.29. The third kappa shape index (κ3) is 2.62. The number of amides is 1. The van der Waals surface area contributed by atoms with Crippen molar-refractivity contribution < 1.29 is 9.53 Å². The van der Waals surface area contributed by atoms with Crippen LogP contribution in [0.5, 0.6) is 0 Å². The Kier molecular flexibility index (Phi) is 3.46. The standard InChI is InChI=1S/C11H20N2O2/c1-12-11(14)15-10-6-7-13(8-10)9-4-2-3-5-9/h9-10H,2-8H2,1H3,(H,12,14)/t10-/m1/s1. The number of hydrogen-bond acceptors (Lipinski definition) is 3. The quantitative estimate of drug-likeness (QED) is 0.751. The Morgan fingerprint density at radius 3 is 2.73 bits per heavy atom. The monoisotopic (exact) mass is 212 g/mol. The summed E-state index contributed by atoms with van der Waals surface area (Å²) < 4.78 is 5.26. The molecule has 2 rings (SSSR count). The Morgan fingerprint density at radius 1 is 1.33 bits per heavy atom. The second-order valence-corrected chi connectivity index (χ2v) is 4.50. The van der Waals surface area contributed by atoms with Crippen LogP contribution in [0.1, 0.15) is 32.1 Å². The Bertz CT molecular complexity index is 227. The van der Waals surface area contributed by atoms with Crippen LogP contribution in [-0.4, -0.2) is 43.3 Å². The normalized spacial score (nSPS) is 28.2. The minimum absolute atomic E-state index is 0.102. The number of hydrogen-bond donors (Lipinski definition) is 1. The van der Waals surface area contributed by atoms with Crippen LogP contribution in [0.15, 0.2) is 0 Å². The van der Waals surface area contributed by atoms with Gasteiger partial charge in [0.25, 0.3) is 0 Å². The SMILES string of the molecule is CNC(=O)O[C@@H]1CCN(C2CCCC2)C1. The molecule has 2 fully saturated rings. The van der Waals surface area contributed by atoms with Crippen LogP contribution >= 0.6 is 0 Å². The van der Waals surface area contributed by atoms with E-state index in [0.717, 1.165) is 25.6 Å². The number of nitrogens with zero attached hydrogens (tertiary/aromatic N) is 1. The fraction of sp³-hybridized carbons (Fsp3) is 0.909. The van der Waals surface area contributed by atoms with Gasteiger partial charge in [0.1, 0.15) is 6.10 Å². The van der Waals surface area contributed by atoms with E-state index in [1.807, 2.05) is 0 Å². The molecule has 4 heteroatoms. The van der Waals surface area contributed by atoms with Crippen molar-refractivity contribution in [3.05, 3.63) is 0 Å². The number of carbonyl (C=O) groups excluding carboxylic acids is 1. The molecular formula is C11H20N2O2. The highest BCUT2D eigenvalue weighted by Gasteiger charge is 2.31. The maximum Gasteiger partial charge on any atom is 0.407 e. The topological polar surface area (TPSA) is 41.6 Å². The van der Waals surface area contributed by atoms with E-state index in [-0.39, 0.29) is 12.2 Å². The van der Waals surface area contributed by atoms with Crippen molar-refractivity contribution in [2.24, 2.45) is 0 Å². The van der Waals surface area contributed by atoms with Gasteiger partial charge in [0, 0.05) is 26.2 Å². The molecule has 1 aliphatic heterocycles. The van der Waals surface area contributed by atoms with Gasteiger partial charge in [-0.2, -0.15) is 0 Å². The second kappa shape index (κ2) is 4.84. The fourth-order valence-electron chi connectivity index (χ4n) is 2.66. The molecule has 2 aliphatic rings. The molecule has 1 aliphatic carbocycles. The molecule has 1 amide bonds. The van der Waals surface area contributed by atoms with Crippen LogP contribution in [0.25, 0.3) is 0 Å². The van der Waals surface area contributed by atoms with Crippen molar-refractivity contribution in [3.8, 4) is 0 Å². The van der Waals surface area contributed by atoms with Gasteiger partial charge >= 0.3 is 6.09 Å². The highest BCUT2D eigenvalue weighted by molar-refractivity contribution is 5.66. The summed E-state index contributed by atoms with van der Waals surface area (Å²) in [6.45, 7) is 2.02. The number of rotatable bonds is 2. The second-order valence-electron chi connectivity index (χ2n) is 4.50. The van der Waals surface area contributed by atoms with Crippen molar-refractivity contribution in [3.63, 3.8) is 0 Å². The van der Waals surface area contributed by atoms with Crippen LogP contribution in [0.4, 0.5) is 4.79 Å². The molecule has 1 saturated heterocycles. The summed E-state index contributed by atoms with van der Waals surface area (Å²) >= 11 is 0. The largest absolute Gasteiger partial charge is 0.445 e. The Morgan fingerprint density at radius 2 is 2.07 bits per heavy atom. The first-order valence-electron chi connectivity index (χ1n) is 5.92. The third-order valence-electron chi connectivity index (χ3n) is 3.50. The zero-order valence-corrected chi connectivity index (χ0v) is 9.37. The van der Waals surface area contributed by atoms with E-state index in [1.165, 1.54) is 25.7 Å². The van der Waals surface area contributed by atoms with E-state index in [2.05, 4.69) is 10.2 Å². The molecule has 1 heterocycles. The Hall–Kier alpha value is -0.770. The van der Waals surface area contributed by atoms with Gasteiger partial charge in [0.15, 0.2) is 0 Å². The molecule has 0 spiro atoms. The molecule has 0 radical (unpaired) electrons. The lowest BCUT2D eigenvalue weighted by atomic mass is 10.2. The van der Waals surface area contributed by atoms with Crippen LogP contribution < -0.4 is 5.32 Å². The maximum absolute atomic E-state index is 11.0.